The van der Waals surface area contributed by atoms with Crippen LogP contribution in [0.2, 0.25) is 0 Å². The summed E-state index contributed by atoms with van der Waals surface area (Å²) < 4.78 is 1.77. The van der Waals surface area contributed by atoms with E-state index in [0.717, 1.165) is 27.4 Å². The van der Waals surface area contributed by atoms with Gasteiger partial charge in [0.25, 0.3) is 5.56 Å². The number of carbonyl (C=O) groups excluding carboxylic acids is 1. The molecule has 1 N–H and O–H groups in total. The Morgan fingerprint density at radius 2 is 1.53 bits per heavy atom. The second-order valence-electron chi connectivity index (χ2n) is 7.75. The van der Waals surface area contributed by atoms with Gasteiger partial charge in [0.2, 0.25) is 5.91 Å². The number of anilines is 1. The van der Waals surface area contributed by atoms with Gasteiger partial charge in [-0.3, -0.25) is 9.59 Å². The first-order valence-corrected chi connectivity index (χ1v) is 10.4. The highest BCUT2D eigenvalue weighted by molar-refractivity contribution is 5.97. The maximum absolute atomic E-state index is 13.7. The molecule has 0 fully saturated rings. The summed E-state index contributed by atoms with van der Waals surface area (Å²) in [6.07, 6.45) is 0. The van der Waals surface area contributed by atoms with Crippen molar-refractivity contribution in [3.05, 3.63) is 107 Å². The van der Waals surface area contributed by atoms with Gasteiger partial charge in [-0.1, -0.05) is 72.8 Å². The van der Waals surface area contributed by atoms with Gasteiger partial charge < -0.3 is 9.88 Å². The first kappa shape index (κ1) is 19.7. The van der Waals surface area contributed by atoms with E-state index < -0.39 is 0 Å². The van der Waals surface area contributed by atoms with Crippen molar-refractivity contribution in [2.75, 3.05) is 5.32 Å². The monoisotopic (exact) mass is 419 g/mol. The Bertz CT molecular complexity index is 1520. The van der Waals surface area contributed by atoms with Crippen LogP contribution in [-0.2, 0) is 11.3 Å². The van der Waals surface area contributed by atoms with E-state index in [4.69, 9.17) is 4.98 Å². The van der Waals surface area contributed by atoms with Crippen molar-refractivity contribution in [1.82, 2.24) is 9.55 Å². The van der Waals surface area contributed by atoms with Gasteiger partial charge in [0.05, 0.1) is 23.3 Å². The molecule has 0 saturated heterocycles. The van der Waals surface area contributed by atoms with Crippen molar-refractivity contribution < 1.29 is 4.79 Å². The molecule has 0 radical (unpaired) electrons. The van der Waals surface area contributed by atoms with Crippen molar-refractivity contribution in [2.24, 2.45) is 0 Å². The molecule has 0 aliphatic heterocycles. The second kappa shape index (κ2) is 8.12. The Morgan fingerprint density at radius 3 is 2.28 bits per heavy atom. The summed E-state index contributed by atoms with van der Waals surface area (Å²) >= 11 is 0. The lowest BCUT2D eigenvalue weighted by molar-refractivity contribution is -0.114. The number of para-hydroxylation sites is 1. The number of carbonyl (C=O) groups is 1. The molecule has 1 aromatic heterocycles. The van der Waals surface area contributed by atoms with Crippen LogP contribution in [-0.4, -0.2) is 15.5 Å². The second-order valence-corrected chi connectivity index (χ2v) is 7.75. The van der Waals surface area contributed by atoms with Crippen LogP contribution in [0.5, 0.6) is 0 Å². The molecule has 4 aromatic carbocycles. The topological polar surface area (TPSA) is 64.0 Å². The van der Waals surface area contributed by atoms with Gasteiger partial charge in [-0.15, -0.1) is 0 Å². The van der Waals surface area contributed by atoms with E-state index >= 15 is 0 Å². The summed E-state index contributed by atoms with van der Waals surface area (Å²) in [7, 11) is 0. The average Bonchev–Trinajstić information content (AvgIpc) is 2.80. The Kier molecular flexibility index (Phi) is 5.00. The van der Waals surface area contributed by atoms with E-state index in [-0.39, 0.29) is 11.5 Å². The van der Waals surface area contributed by atoms with Gasteiger partial charge in [-0.25, -0.2) is 4.98 Å². The molecule has 0 spiro atoms. The fraction of sp³-hybridized carbons (Fsp3) is 0.0741. The number of fused-ring (bicyclic) bond motifs is 2. The molecule has 0 unspecified atom stereocenters. The van der Waals surface area contributed by atoms with Crippen molar-refractivity contribution in [1.29, 1.82) is 0 Å². The molecule has 1 heterocycles. The molecule has 0 aliphatic rings. The molecule has 5 rings (SSSR count). The first-order chi connectivity index (χ1) is 15.6. The lowest BCUT2D eigenvalue weighted by atomic mass is 10.1. The standard InChI is InChI=1S/C27H21N3O2/c1-18(31)28-23-14-8-7-13-22(23)26-27(32)30(17-19-9-3-2-4-10-19)25-16-21-12-6-5-11-20(21)15-24(25)29-26/h2-16H,17H2,1H3,(H,28,31). The minimum absolute atomic E-state index is 0.200. The summed E-state index contributed by atoms with van der Waals surface area (Å²) in [6, 6.07) is 29.2. The molecule has 5 nitrogen and oxygen atoms in total. The third-order valence-corrected chi connectivity index (χ3v) is 5.49. The molecular formula is C27H21N3O2. The SMILES string of the molecule is CC(=O)Nc1ccccc1-c1nc2cc3ccccc3cc2n(Cc2ccccc2)c1=O. The number of rotatable bonds is 4. The number of nitrogens with one attached hydrogen (secondary N) is 1. The van der Waals surface area contributed by atoms with E-state index in [1.807, 2.05) is 84.9 Å². The van der Waals surface area contributed by atoms with Gasteiger partial charge in [0.15, 0.2) is 0 Å². The number of aromatic nitrogens is 2. The third-order valence-electron chi connectivity index (χ3n) is 5.49. The van der Waals surface area contributed by atoms with E-state index in [1.165, 1.54) is 6.92 Å². The van der Waals surface area contributed by atoms with Crippen LogP contribution in [0.3, 0.4) is 0 Å². The Balaban J connectivity index is 1.82. The van der Waals surface area contributed by atoms with Crippen LogP contribution >= 0.6 is 0 Å². The number of hydrogen-bond acceptors (Lipinski definition) is 3. The molecular weight excluding hydrogens is 398 g/mol. The Morgan fingerprint density at radius 1 is 0.875 bits per heavy atom. The highest BCUT2D eigenvalue weighted by Gasteiger charge is 2.17. The van der Waals surface area contributed by atoms with Crippen LogP contribution in [0.25, 0.3) is 33.1 Å². The molecule has 0 aliphatic carbocycles. The zero-order valence-electron chi connectivity index (χ0n) is 17.6. The number of hydrogen-bond donors (Lipinski definition) is 1. The minimum atomic E-state index is -0.200. The fourth-order valence-electron chi connectivity index (χ4n) is 4.01. The number of amides is 1. The van der Waals surface area contributed by atoms with Gasteiger partial charge in [-0.2, -0.15) is 0 Å². The van der Waals surface area contributed by atoms with Crippen LogP contribution in [0, 0.1) is 0 Å². The van der Waals surface area contributed by atoms with Gasteiger partial charge in [-0.05, 0) is 34.5 Å². The van der Waals surface area contributed by atoms with E-state index in [1.54, 1.807) is 10.6 Å². The molecule has 0 saturated carbocycles. The largest absolute Gasteiger partial charge is 0.326 e. The van der Waals surface area contributed by atoms with Crippen LogP contribution < -0.4 is 10.9 Å². The summed E-state index contributed by atoms with van der Waals surface area (Å²) in [5, 5.41) is 4.92. The first-order valence-electron chi connectivity index (χ1n) is 10.4. The smallest absolute Gasteiger partial charge is 0.277 e. The highest BCUT2D eigenvalue weighted by atomic mass is 16.1. The van der Waals surface area contributed by atoms with Gasteiger partial charge >= 0.3 is 0 Å². The van der Waals surface area contributed by atoms with Crippen LogP contribution in [0.15, 0.2) is 95.8 Å². The summed E-state index contributed by atoms with van der Waals surface area (Å²) in [5.41, 5.74) is 3.81. The molecule has 156 valence electrons. The summed E-state index contributed by atoms with van der Waals surface area (Å²) in [4.78, 5) is 30.3. The zero-order chi connectivity index (χ0) is 22.1. The molecule has 5 aromatic rings. The van der Waals surface area contributed by atoms with Crippen molar-refractivity contribution in [3.63, 3.8) is 0 Å². The maximum Gasteiger partial charge on any atom is 0.277 e. The lowest BCUT2D eigenvalue weighted by Crippen LogP contribution is -2.24. The van der Waals surface area contributed by atoms with Crippen molar-refractivity contribution in [3.8, 4) is 11.3 Å². The van der Waals surface area contributed by atoms with Gasteiger partial charge in [0.1, 0.15) is 5.69 Å². The molecule has 5 heteroatoms. The number of nitrogens with zero attached hydrogens (tertiary/aromatic N) is 2. The van der Waals surface area contributed by atoms with E-state index in [2.05, 4.69) is 5.32 Å². The predicted octanol–water partition coefficient (Wildman–Crippen LogP) is 5.22. The van der Waals surface area contributed by atoms with Crippen LogP contribution in [0.4, 0.5) is 5.69 Å². The average molecular weight is 419 g/mol. The van der Waals surface area contributed by atoms with Crippen molar-refractivity contribution >= 4 is 33.4 Å². The normalized spacial score (nSPS) is 11.0. The Labute approximate surface area is 185 Å². The summed E-state index contributed by atoms with van der Waals surface area (Å²) in [6.45, 7) is 1.87. The molecule has 0 atom stereocenters. The molecule has 32 heavy (non-hydrogen) atoms. The Hall–Kier alpha value is -4.25. The maximum atomic E-state index is 13.7. The quantitative estimate of drug-likeness (QED) is 0.406. The lowest BCUT2D eigenvalue weighted by Gasteiger charge is -2.15. The van der Waals surface area contributed by atoms with E-state index in [9.17, 15) is 9.59 Å². The van der Waals surface area contributed by atoms with Gasteiger partial charge in [0, 0.05) is 12.5 Å². The predicted molar refractivity (Wildman–Crippen MR) is 129 cm³/mol. The fourth-order valence-corrected chi connectivity index (χ4v) is 4.01. The zero-order valence-corrected chi connectivity index (χ0v) is 17.6. The molecule has 0 bridgehead atoms. The third kappa shape index (κ3) is 3.65. The minimum Gasteiger partial charge on any atom is -0.326 e. The summed E-state index contributed by atoms with van der Waals surface area (Å²) in [5.74, 6) is -0.200. The highest BCUT2D eigenvalue weighted by Crippen LogP contribution is 2.28. The number of benzene rings is 4. The molecule has 1 amide bonds. The van der Waals surface area contributed by atoms with Crippen molar-refractivity contribution in [2.45, 2.75) is 13.5 Å². The van der Waals surface area contributed by atoms with E-state index in [0.29, 0.717) is 23.5 Å². The van der Waals surface area contributed by atoms with Crippen LogP contribution in [0.1, 0.15) is 12.5 Å².